The van der Waals surface area contributed by atoms with Crippen LogP contribution in [0.3, 0.4) is 0 Å². The first kappa shape index (κ1) is 28.8. The zero-order chi connectivity index (χ0) is 29.3. The first-order valence-electron chi connectivity index (χ1n) is 12.2. The van der Waals surface area contributed by atoms with E-state index in [9.17, 15) is 14.0 Å². The Morgan fingerprint density at radius 1 is 1.00 bits per heavy atom. The second-order valence-corrected chi connectivity index (χ2v) is 10.8. The molecule has 0 bridgehead atoms. The average Bonchev–Trinajstić information content (AvgIpc) is 3.04. The largest absolute Gasteiger partial charge is 0.355 e. The second-order valence-electron chi connectivity index (χ2n) is 9.14. The monoisotopic (exact) mass is 629 g/mol. The van der Waals surface area contributed by atoms with Gasteiger partial charge in [-0.25, -0.2) is 14.4 Å². The maximum absolute atomic E-state index is 14.3. The summed E-state index contributed by atoms with van der Waals surface area (Å²) in [6.07, 6.45) is -0.418. The molecular formula is C29H20Cl4FN5O2. The highest BCUT2D eigenvalue weighted by Gasteiger charge is 2.30. The lowest BCUT2D eigenvalue weighted by Gasteiger charge is -2.22. The average molecular weight is 631 g/mol. The first-order chi connectivity index (χ1) is 19.6. The van der Waals surface area contributed by atoms with Gasteiger partial charge in [0.05, 0.1) is 33.2 Å². The Balaban J connectivity index is 1.52. The number of fused-ring (bicyclic) bond motifs is 1. The summed E-state index contributed by atoms with van der Waals surface area (Å²) in [5.41, 5.74) is 2.30. The molecular weight excluding hydrogens is 611 g/mol. The fraction of sp³-hybridized carbons (Fsp3) is 0.103. The van der Waals surface area contributed by atoms with E-state index in [-0.39, 0.29) is 27.1 Å². The molecule has 0 radical (unpaired) electrons. The zero-order valence-electron chi connectivity index (χ0n) is 21.3. The summed E-state index contributed by atoms with van der Waals surface area (Å²) in [7, 11) is 1.70. The molecule has 7 nitrogen and oxygen atoms in total. The van der Waals surface area contributed by atoms with Crippen LogP contribution in [0.5, 0.6) is 0 Å². The lowest BCUT2D eigenvalue weighted by Crippen LogP contribution is -2.43. The minimum absolute atomic E-state index is 0.0941. The van der Waals surface area contributed by atoms with Crippen molar-refractivity contribution in [2.24, 2.45) is 4.99 Å². The van der Waals surface area contributed by atoms with Crippen molar-refractivity contribution in [2.75, 3.05) is 17.3 Å². The van der Waals surface area contributed by atoms with Gasteiger partial charge in [0.25, 0.3) is 11.8 Å². The van der Waals surface area contributed by atoms with Crippen LogP contribution in [0.15, 0.2) is 77.9 Å². The van der Waals surface area contributed by atoms with Crippen LogP contribution in [0.2, 0.25) is 20.1 Å². The molecule has 1 aliphatic heterocycles. The number of benzodiazepines with no additional fused rings is 1. The topological polar surface area (TPSA) is 86.7 Å². The quantitative estimate of drug-likeness (QED) is 0.240. The molecule has 2 heterocycles. The van der Waals surface area contributed by atoms with Crippen LogP contribution in [0, 0.1) is 5.82 Å². The number of nitrogens with zero attached hydrogens (tertiary/aromatic N) is 3. The number of benzene rings is 3. The van der Waals surface area contributed by atoms with Crippen LogP contribution in [0.1, 0.15) is 27.0 Å². The summed E-state index contributed by atoms with van der Waals surface area (Å²) >= 11 is 25.3. The van der Waals surface area contributed by atoms with E-state index in [2.05, 4.69) is 20.6 Å². The van der Waals surface area contributed by atoms with E-state index in [0.717, 1.165) is 17.8 Å². The van der Waals surface area contributed by atoms with E-state index in [1.807, 2.05) is 6.07 Å². The molecule has 1 aliphatic rings. The smallest absolute Gasteiger partial charge is 0.269 e. The van der Waals surface area contributed by atoms with Gasteiger partial charge >= 0.3 is 0 Å². The summed E-state index contributed by atoms with van der Waals surface area (Å²) in [5.74, 6) is -1.93. The van der Waals surface area contributed by atoms with Gasteiger partial charge in [0.1, 0.15) is 11.6 Å². The minimum Gasteiger partial charge on any atom is -0.355 e. The molecule has 12 heteroatoms. The summed E-state index contributed by atoms with van der Waals surface area (Å²) in [5, 5.41) is 6.65. The molecule has 0 spiro atoms. The highest BCUT2D eigenvalue weighted by Crippen LogP contribution is 2.34. The Hall–Kier alpha value is -3.69. The minimum atomic E-state index is -1.43. The molecule has 1 atom stereocenters. The van der Waals surface area contributed by atoms with E-state index in [1.165, 1.54) is 12.1 Å². The number of carbonyl (C=O) groups is 2. The number of para-hydroxylation sites is 1. The van der Waals surface area contributed by atoms with Crippen molar-refractivity contribution in [3.8, 4) is 0 Å². The van der Waals surface area contributed by atoms with Gasteiger partial charge in [-0.3, -0.25) is 9.59 Å². The van der Waals surface area contributed by atoms with Crippen molar-refractivity contribution in [1.82, 2.24) is 10.3 Å². The fourth-order valence-corrected chi connectivity index (χ4v) is 5.62. The Morgan fingerprint density at radius 2 is 1.73 bits per heavy atom. The lowest BCUT2D eigenvalue weighted by molar-refractivity contribution is -0.117. The molecule has 1 unspecified atom stereocenters. The van der Waals surface area contributed by atoms with Gasteiger partial charge in [0.15, 0.2) is 0 Å². The number of aliphatic imine (C=N–C) groups is 1. The molecule has 1 aromatic heterocycles. The number of hydrogen-bond donors (Lipinski definition) is 2. The van der Waals surface area contributed by atoms with Crippen molar-refractivity contribution < 1.29 is 14.0 Å². The van der Waals surface area contributed by atoms with Crippen LogP contribution in [-0.4, -0.2) is 35.7 Å². The Morgan fingerprint density at radius 3 is 2.46 bits per heavy atom. The van der Waals surface area contributed by atoms with Crippen LogP contribution in [0.25, 0.3) is 0 Å². The van der Waals surface area contributed by atoms with E-state index in [1.54, 1.807) is 54.4 Å². The highest BCUT2D eigenvalue weighted by molar-refractivity contribution is 6.44. The predicted octanol–water partition coefficient (Wildman–Crippen LogP) is 7.02. The predicted molar refractivity (Wildman–Crippen MR) is 161 cm³/mol. The maximum Gasteiger partial charge on any atom is 0.269 e. The van der Waals surface area contributed by atoms with E-state index < -0.39 is 23.8 Å². The number of rotatable bonds is 6. The first-order valence-corrected chi connectivity index (χ1v) is 13.7. The van der Waals surface area contributed by atoms with Gasteiger partial charge in [-0.05, 0) is 42.0 Å². The third-order valence-corrected chi connectivity index (χ3v) is 7.26. The number of nitrogens with one attached hydrogen (secondary N) is 2. The molecule has 5 rings (SSSR count). The maximum atomic E-state index is 14.3. The Kier molecular flexibility index (Phi) is 8.47. The van der Waals surface area contributed by atoms with Gasteiger partial charge in [-0.15, -0.1) is 0 Å². The van der Waals surface area contributed by atoms with Gasteiger partial charge in [-0.2, -0.15) is 0 Å². The Bertz CT molecular complexity index is 1690. The molecule has 3 aromatic carbocycles. The zero-order valence-corrected chi connectivity index (χ0v) is 24.3. The molecule has 0 saturated heterocycles. The molecule has 41 heavy (non-hydrogen) atoms. The highest BCUT2D eigenvalue weighted by atomic mass is 35.5. The van der Waals surface area contributed by atoms with Gasteiger partial charge in [-0.1, -0.05) is 76.7 Å². The second kappa shape index (κ2) is 12.0. The molecule has 208 valence electrons. The third kappa shape index (κ3) is 6.31. The number of pyridine rings is 1. The summed E-state index contributed by atoms with van der Waals surface area (Å²) in [6.45, 7) is 0.328. The standard InChI is InChI=1S/C29H20Cl4FN5O2/c1-39(14-15-5-4-6-16(30)9-15)27-20(12-18(34)13-35-27)28(40)38-26-29(41)36-23-8-3-2-7-19(23)25(37-26)24-21(32)10-17(31)11-22(24)33/h2-13,26H,14H2,1H3,(H,36,41)(H,38,40). The summed E-state index contributed by atoms with van der Waals surface area (Å²) in [6, 6.07) is 18.2. The van der Waals surface area contributed by atoms with E-state index in [4.69, 9.17) is 46.4 Å². The number of aromatic nitrogens is 1. The SMILES string of the molecule is CN(Cc1cccc(Cl)c1)c1ncc(F)cc1C(=O)NC1N=C(c2c(Cl)cc(Cl)cc2Cl)c2ccccc2NC1=O. The Labute approximate surface area is 254 Å². The van der Waals surface area contributed by atoms with E-state index in [0.29, 0.717) is 33.4 Å². The molecule has 2 amide bonds. The molecule has 0 saturated carbocycles. The van der Waals surface area contributed by atoms with Crippen molar-refractivity contribution in [2.45, 2.75) is 12.7 Å². The van der Waals surface area contributed by atoms with Gasteiger partial charge < -0.3 is 15.5 Å². The molecule has 0 aliphatic carbocycles. The van der Waals surface area contributed by atoms with Crippen molar-refractivity contribution in [1.29, 1.82) is 0 Å². The molecule has 2 N–H and O–H groups in total. The molecule has 4 aromatic rings. The third-order valence-electron chi connectivity index (χ3n) is 6.21. The van der Waals surface area contributed by atoms with E-state index >= 15 is 0 Å². The van der Waals surface area contributed by atoms with Crippen molar-refractivity contribution >= 4 is 75.4 Å². The van der Waals surface area contributed by atoms with Crippen LogP contribution in [0.4, 0.5) is 15.9 Å². The number of halogens is 5. The molecule has 0 fully saturated rings. The number of carbonyl (C=O) groups excluding carboxylic acids is 2. The number of hydrogen-bond acceptors (Lipinski definition) is 5. The van der Waals surface area contributed by atoms with Gasteiger partial charge in [0.2, 0.25) is 6.17 Å². The normalized spacial score (nSPS) is 14.4. The summed E-state index contributed by atoms with van der Waals surface area (Å²) in [4.78, 5) is 37.2. The lowest BCUT2D eigenvalue weighted by atomic mass is 10.0. The van der Waals surface area contributed by atoms with Crippen LogP contribution < -0.4 is 15.5 Å². The summed E-state index contributed by atoms with van der Waals surface area (Å²) < 4.78 is 14.3. The van der Waals surface area contributed by atoms with Crippen molar-refractivity contribution in [3.63, 3.8) is 0 Å². The van der Waals surface area contributed by atoms with Crippen LogP contribution >= 0.6 is 46.4 Å². The fourth-order valence-electron chi connectivity index (χ4n) is 4.41. The van der Waals surface area contributed by atoms with Crippen LogP contribution in [-0.2, 0) is 11.3 Å². The van der Waals surface area contributed by atoms with Gasteiger partial charge in [0, 0.05) is 34.8 Å². The number of amides is 2. The van der Waals surface area contributed by atoms with Crippen molar-refractivity contribution in [3.05, 3.63) is 121 Å². The number of anilines is 2.